The fourth-order valence-corrected chi connectivity index (χ4v) is 0.710. The van der Waals surface area contributed by atoms with E-state index in [9.17, 15) is 9.59 Å². The van der Waals surface area contributed by atoms with Crippen molar-refractivity contribution in [2.75, 3.05) is 13.1 Å². The summed E-state index contributed by atoms with van der Waals surface area (Å²) < 4.78 is 5.05. The molecule has 0 aromatic carbocycles. The third-order valence-corrected chi connectivity index (χ3v) is 1.29. The van der Waals surface area contributed by atoms with Crippen LogP contribution in [-0.4, -0.2) is 36.0 Å². The van der Waals surface area contributed by atoms with Gasteiger partial charge >= 0.3 is 6.09 Å². The minimum atomic E-state index is -0.520. The van der Waals surface area contributed by atoms with Crippen molar-refractivity contribution in [3.8, 4) is 0 Å². The smallest absolute Gasteiger partial charge is 0.410 e. The Hall–Kier alpha value is -1.06. The maximum atomic E-state index is 11.3. The van der Waals surface area contributed by atoms with Crippen molar-refractivity contribution in [2.45, 2.75) is 33.3 Å². The van der Waals surface area contributed by atoms with Crippen molar-refractivity contribution in [2.24, 2.45) is 0 Å². The summed E-state index contributed by atoms with van der Waals surface area (Å²) in [7, 11) is 0. The Morgan fingerprint density at radius 2 is 2.00 bits per heavy atom. The fraction of sp³-hybridized carbons (Fsp3) is 0.778. The minimum absolute atomic E-state index is 0.0363. The first-order chi connectivity index (χ1) is 5.90. The molecule has 0 spiro atoms. The average molecular weight is 186 g/mol. The Morgan fingerprint density at radius 1 is 1.46 bits per heavy atom. The molecule has 0 saturated heterocycles. The zero-order valence-electron chi connectivity index (χ0n) is 8.59. The zero-order chi connectivity index (χ0) is 10.5. The molecule has 0 fully saturated rings. The van der Waals surface area contributed by atoms with E-state index in [1.807, 2.05) is 0 Å². The molecule has 75 valence electrons. The quantitative estimate of drug-likeness (QED) is 0.668. The summed E-state index contributed by atoms with van der Waals surface area (Å²) in [4.78, 5) is 22.7. The lowest BCUT2D eigenvalue weighted by Gasteiger charge is -2.24. The van der Waals surface area contributed by atoms with Crippen molar-refractivity contribution in [1.29, 1.82) is 0 Å². The van der Waals surface area contributed by atoms with Crippen LogP contribution in [0.5, 0.6) is 0 Å². The van der Waals surface area contributed by atoms with Crippen molar-refractivity contribution >= 4 is 12.4 Å². The number of carbonyl (C=O) groups is 1. The summed E-state index contributed by atoms with van der Waals surface area (Å²) in [5.74, 6) is 0. The number of nitrogens with zero attached hydrogens (tertiary/aromatic N) is 1. The van der Waals surface area contributed by atoms with Gasteiger partial charge in [-0.1, -0.05) is 0 Å². The predicted molar refractivity (Wildman–Crippen MR) is 49.2 cm³/mol. The van der Waals surface area contributed by atoms with Gasteiger partial charge in [0.2, 0.25) is 6.29 Å². The molecule has 0 aliphatic heterocycles. The first-order valence-electron chi connectivity index (χ1n) is 4.23. The monoisotopic (exact) mass is 186 g/mol. The second kappa shape index (κ2) is 4.84. The van der Waals surface area contributed by atoms with Crippen LogP contribution in [0.3, 0.4) is 0 Å². The number of hydrogen-bond donors (Lipinski definition) is 0. The molecular formula is C9H16NO3. The molecule has 13 heavy (non-hydrogen) atoms. The molecule has 0 rings (SSSR count). The van der Waals surface area contributed by atoms with Crippen LogP contribution < -0.4 is 0 Å². The van der Waals surface area contributed by atoms with E-state index in [4.69, 9.17) is 4.74 Å². The van der Waals surface area contributed by atoms with Crippen LogP contribution in [0.4, 0.5) is 4.79 Å². The summed E-state index contributed by atoms with van der Waals surface area (Å²) in [6.07, 6.45) is 1.19. The van der Waals surface area contributed by atoms with E-state index in [-0.39, 0.29) is 6.54 Å². The first kappa shape index (κ1) is 11.9. The Balaban J connectivity index is 4.13. The van der Waals surface area contributed by atoms with E-state index in [0.717, 1.165) is 0 Å². The van der Waals surface area contributed by atoms with Gasteiger partial charge in [-0.3, -0.25) is 4.79 Å². The summed E-state index contributed by atoms with van der Waals surface area (Å²) in [6, 6.07) is 0. The van der Waals surface area contributed by atoms with Crippen molar-refractivity contribution in [3.05, 3.63) is 0 Å². The highest BCUT2D eigenvalue weighted by Gasteiger charge is 2.20. The number of carbonyl (C=O) groups excluding carboxylic acids is 2. The lowest BCUT2D eigenvalue weighted by molar-refractivity contribution is 0.0287. The lowest BCUT2D eigenvalue weighted by atomic mass is 10.2. The second-order valence-corrected chi connectivity index (χ2v) is 3.64. The molecule has 4 heteroatoms. The van der Waals surface area contributed by atoms with E-state index < -0.39 is 11.7 Å². The molecular weight excluding hydrogens is 170 g/mol. The van der Waals surface area contributed by atoms with Crippen LogP contribution in [0.15, 0.2) is 0 Å². The number of ether oxygens (including phenoxy) is 1. The Bertz CT molecular complexity index is 184. The first-order valence-corrected chi connectivity index (χ1v) is 4.23. The Kier molecular flexibility index (Phi) is 4.45. The third-order valence-electron chi connectivity index (χ3n) is 1.29. The number of rotatable bonds is 3. The van der Waals surface area contributed by atoms with Crippen molar-refractivity contribution in [3.63, 3.8) is 0 Å². The maximum absolute atomic E-state index is 11.3. The predicted octanol–water partition coefficient (Wildman–Crippen LogP) is 1.35. The fourth-order valence-electron chi connectivity index (χ4n) is 0.710. The standard InChI is InChI=1S/C9H16NO3/c1-5-10(6-7-11)8(12)13-9(2,3)4/h5-6H2,1-4H3. The molecule has 0 N–H and O–H groups in total. The molecule has 1 radical (unpaired) electrons. The molecule has 0 aromatic rings. The topological polar surface area (TPSA) is 46.6 Å². The zero-order valence-corrected chi connectivity index (χ0v) is 8.59. The van der Waals surface area contributed by atoms with Gasteiger partial charge in [0.1, 0.15) is 5.60 Å². The summed E-state index contributed by atoms with van der Waals surface area (Å²) in [6.45, 7) is 7.53. The highest BCUT2D eigenvalue weighted by Crippen LogP contribution is 2.09. The van der Waals surface area contributed by atoms with Gasteiger partial charge in [-0.25, -0.2) is 4.79 Å². The SMILES string of the molecule is CCN(C[C]=O)C(=O)OC(C)(C)C. The van der Waals surface area contributed by atoms with Crippen LogP contribution in [0.1, 0.15) is 27.7 Å². The summed E-state index contributed by atoms with van der Waals surface area (Å²) in [5, 5.41) is 0. The highest BCUT2D eigenvalue weighted by molar-refractivity contribution is 5.71. The van der Waals surface area contributed by atoms with Gasteiger partial charge in [0.15, 0.2) is 0 Å². The molecule has 0 aliphatic carbocycles. The number of likely N-dealkylation sites (N-methyl/N-ethyl adjacent to an activating group) is 1. The molecule has 1 amide bonds. The van der Waals surface area contributed by atoms with Gasteiger partial charge in [0.25, 0.3) is 0 Å². The van der Waals surface area contributed by atoms with E-state index in [1.54, 1.807) is 34.0 Å². The number of amides is 1. The molecule has 0 heterocycles. The Morgan fingerprint density at radius 3 is 2.31 bits per heavy atom. The molecule has 0 unspecified atom stereocenters. The molecule has 0 atom stereocenters. The molecule has 0 bridgehead atoms. The summed E-state index contributed by atoms with van der Waals surface area (Å²) in [5.41, 5.74) is -0.520. The van der Waals surface area contributed by atoms with Crippen LogP contribution in [-0.2, 0) is 9.53 Å². The van der Waals surface area contributed by atoms with Gasteiger partial charge in [-0.2, -0.15) is 0 Å². The van der Waals surface area contributed by atoms with Crippen LogP contribution >= 0.6 is 0 Å². The molecule has 0 saturated carbocycles. The summed E-state index contributed by atoms with van der Waals surface area (Å²) >= 11 is 0. The van der Waals surface area contributed by atoms with Gasteiger partial charge < -0.3 is 9.64 Å². The van der Waals surface area contributed by atoms with Gasteiger partial charge in [0.05, 0.1) is 6.54 Å². The van der Waals surface area contributed by atoms with Gasteiger partial charge in [-0.05, 0) is 27.7 Å². The van der Waals surface area contributed by atoms with Gasteiger partial charge in [0, 0.05) is 6.54 Å². The molecule has 4 nitrogen and oxygen atoms in total. The lowest BCUT2D eigenvalue weighted by Crippen LogP contribution is -2.37. The van der Waals surface area contributed by atoms with Crippen LogP contribution in [0, 0.1) is 0 Å². The van der Waals surface area contributed by atoms with Crippen LogP contribution in [0.25, 0.3) is 0 Å². The highest BCUT2D eigenvalue weighted by atomic mass is 16.6. The average Bonchev–Trinajstić information content (AvgIpc) is 1.96. The van der Waals surface area contributed by atoms with E-state index in [1.165, 1.54) is 4.90 Å². The second-order valence-electron chi connectivity index (χ2n) is 3.64. The number of hydrogen-bond acceptors (Lipinski definition) is 3. The maximum Gasteiger partial charge on any atom is 0.410 e. The third kappa shape index (κ3) is 5.22. The van der Waals surface area contributed by atoms with E-state index in [2.05, 4.69) is 0 Å². The van der Waals surface area contributed by atoms with Crippen molar-refractivity contribution in [1.82, 2.24) is 4.90 Å². The van der Waals surface area contributed by atoms with Crippen molar-refractivity contribution < 1.29 is 14.3 Å². The van der Waals surface area contributed by atoms with Gasteiger partial charge in [-0.15, -0.1) is 0 Å². The van der Waals surface area contributed by atoms with E-state index in [0.29, 0.717) is 6.54 Å². The molecule has 0 aromatic heterocycles. The minimum Gasteiger partial charge on any atom is -0.444 e. The Labute approximate surface area is 78.9 Å². The largest absolute Gasteiger partial charge is 0.444 e. The normalized spacial score (nSPS) is 10.8. The van der Waals surface area contributed by atoms with E-state index >= 15 is 0 Å². The van der Waals surface area contributed by atoms with Crippen LogP contribution in [0.2, 0.25) is 0 Å². The molecule has 0 aliphatic rings.